The summed E-state index contributed by atoms with van der Waals surface area (Å²) in [6.45, 7) is -1.69. The number of nitrogens with one attached hydrogen (secondary N) is 1. The van der Waals surface area contributed by atoms with E-state index in [0.717, 1.165) is 18.2 Å². The van der Waals surface area contributed by atoms with Crippen LogP contribution in [0.1, 0.15) is 52.2 Å². The van der Waals surface area contributed by atoms with Gasteiger partial charge in [-0.1, -0.05) is 29.8 Å². The normalized spacial score (nSPS) is 16.4. The van der Waals surface area contributed by atoms with Crippen molar-refractivity contribution in [3.05, 3.63) is 74.2 Å². The van der Waals surface area contributed by atoms with Crippen LogP contribution >= 0.6 is 27.5 Å². The molecule has 218 valence electrons. The molecular weight excluding hydrogens is 652 g/mol. The summed E-state index contributed by atoms with van der Waals surface area (Å²) in [5.74, 6) is -6.63. The number of allylic oxidation sites excluding steroid dienone is 1. The predicted molar refractivity (Wildman–Crippen MR) is 128 cm³/mol. The van der Waals surface area contributed by atoms with E-state index >= 15 is 0 Å². The Morgan fingerprint density at radius 2 is 1.62 bits per heavy atom. The van der Waals surface area contributed by atoms with Gasteiger partial charge >= 0.3 is 18.5 Å². The van der Waals surface area contributed by atoms with Gasteiger partial charge in [0.15, 0.2) is 5.78 Å². The van der Waals surface area contributed by atoms with Gasteiger partial charge in [-0.3, -0.25) is 9.59 Å². The van der Waals surface area contributed by atoms with Gasteiger partial charge in [-0.2, -0.15) is 39.5 Å². The molecule has 15 heteroatoms. The average molecular weight is 669 g/mol. The van der Waals surface area contributed by atoms with E-state index in [1.54, 1.807) is 5.32 Å². The first-order valence-corrected chi connectivity index (χ1v) is 12.4. The predicted octanol–water partition coefficient (Wildman–Crippen LogP) is 8.81. The topological polar surface area (TPSA) is 46.2 Å². The lowest BCUT2D eigenvalue weighted by atomic mass is 9.90. The first-order valence-electron chi connectivity index (χ1n) is 11.2. The highest BCUT2D eigenvalue weighted by atomic mass is 79.9. The fraction of sp³-hybridized carbons (Fsp3) is 0.360. The summed E-state index contributed by atoms with van der Waals surface area (Å²) in [5, 5.41) is 1.67. The summed E-state index contributed by atoms with van der Waals surface area (Å²) in [5.41, 5.74) is -5.67. The van der Waals surface area contributed by atoms with E-state index in [9.17, 15) is 53.5 Å². The first kappa shape index (κ1) is 31.9. The van der Waals surface area contributed by atoms with Crippen molar-refractivity contribution in [1.82, 2.24) is 5.32 Å². The summed E-state index contributed by atoms with van der Waals surface area (Å²) in [4.78, 5) is 24.9. The Bertz CT molecular complexity index is 1330. The molecule has 1 amide bonds. The third kappa shape index (κ3) is 7.77. The van der Waals surface area contributed by atoms with Gasteiger partial charge in [-0.05, 0) is 58.6 Å². The van der Waals surface area contributed by atoms with Crippen LogP contribution in [0.15, 0.2) is 46.9 Å². The zero-order valence-electron chi connectivity index (χ0n) is 19.8. The second kappa shape index (κ2) is 11.3. The molecule has 1 aliphatic carbocycles. The maximum Gasteiger partial charge on any atom is 0.417 e. The quantitative estimate of drug-likeness (QED) is 0.226. The van der Waals surface area contributed by atoms with Crippen LogP contribution in [-0.2, 0) is 11.0 Å². The zero-order valence-corrected chi connectivity index (χ0v) is 22.1. The van der Waals surface area contributed by atoms with Crippen molar-refractivity contribution in [3.63, 3.8) is 0 Å². The molecule has 2 aromatic rings. The molecule has 0 spiro atoms. The molecular formula is C25H17BrClF10NO2. The second-order valence-electron chi connectivity index (χ2n) is 9.14. The number of ketones is 1. The smallest absolute Gasteiger partial charge is 0.346 e. The Hall–Kier alpha value is -2.61. The van der Waals surface area contributed by atoms with Gasteiger partial charge < -0.3 is 5.32 Å². The number of hydrogen-bond donors (Lipinski definition) is 1. The lowest BCUT2D eigenvalue weighted by Crippen LogP contribution is -2.39. The molecule has 0 radical (unpaired) electrons. The molecule has 3 rings (SSSR count). The minimum Gasteiger partial charge on any atom is -0.346 e. The molecule has 1 fully saturated rings. The van der Waals surface area contributed by atoms with Gasteiger partial charge in [0.1, 0.15) is 18.3 Å². The van der Waals surface area contributed by atoms with E-state index in [2.05, 4.69) is 15.9 Å². The van der Waals surface area contributed by atoms with Crippen LogP contribution in [0.25, 0.3) is 5.83 Å². The van der Waals surface area contributed by atoms with E-state index in [1.165, 1.54) is 0 Å². The second-order valence-corrected chi connectivity index (χ2v) is 10.4. The summed E-state index contributed by atoms with van der Waals surface area (Å²) in [6.07, 6.45) is -15.9. The molecule has 1 aliphatic rings. The van der Waals surface area contributed by atoms with Crippen molar-refractivity contribution >= 4 is 45.0 Å². The maximum absolute atomic E-state index is 15.0. The van der Waals surface area contributed by atoms with Crippen LogP contribution in [-0.4, -0.2) is 30.6 Å². The summed E-state index contributed by atoms with van der Waals surface area (Å²) in [6, 6.07) is 4.45. The third-order valence-electron chi connectivity index (χ3n) is 6.15. The molecule has 0 saturated heterocycles. The van der Waals surface area contributed by atoms with Crippen molar-refractivity contribution in [1.29, 1.82) is 0 Å². The molecule has 2 aromatic carbocycles. The van der Waals surface area contributed by atoms with Crippen LogP contribution in [0, 0.1) is 5.41 Å². The zero-order chi connectivity index (χ0) is 30.3. The fourth-order valence-corrected chi connectivity index (χ4v) is 4.42. The number of alkyl halides is 9. The largest absolute Gasteiger partial charge is 0.417 e. The van der Waals surface area contributed by atoms with Gasteiger partial charge in [0.05, 0.1) is 16.0 Å². The molecule has 1 N–H and O–H groups in total. The number of carbonyl (C=O) groups is 2. The van der Waals surface area contributed by atoms with Crippen molar-refractivity contribution < 1.29 is 53.5 Å². The lowest BCUT2D eigenvalue weighted by Gasteiger charge is -2.19. The molecule has 0 bridgehead atoms. The Morgan fingerprint density at radius 3 is 2.12 bits per heavy atom. The van der Waals surface area contributed by atoms with Crippen molar-refractivity contribution in [3.8, 4) is 0 Å². The molecule has 0 aromatic heterocycles. The number of rotatable bonds is 8. The average Bonchev–Trinajstić information content (AvgIpc) is 3.61. The van der Waals surface area contributed by atoms with Crippen LogP contribution in [0.5, 0.6) is 0 Å². The third-order valence-corrected chi connectivity index (χ3v) is 7.37. The van der Waals surface area contributed by atoms with E-state index in [0.29, 0.717) is 12.1 Å². The number of benzene rings is 2. The van der Waals surface area contributed by atoms with Crippen molar-refractivity contribution in [2.45, 2.75) is 43.7 Å². The number of hydrogen-bond acceptors (Lipinski definition) is 2. The number of Topliss-reactive ketones (excluding diaryl/α,β-unsaturated/α-hetero) is 1. The van der Waals surface area contributed by atoms with Crippen LogP contribution in [0.4, 0.5) is 43.9 Å². The van der Waals surface area contributed by atoms with Crippen molar-refractivity contribution in [2.75, 3.05) is 6.54 Å². The van der Waals surface area contributed by atoms with Crippen LogP contribution < -0.4 is 5.32 Å². The Balaban J connectivity index is 1.94. The highest BCUT2D eigenvalue weighted by Gasteiger charge is 2.52. The molecule has 0 heterocycles. The maximum atomic E-state index is 15.0. The molecule has 1 saturated carbocycles. The minimum atomic E-state index is -5.26. The van der Waals surface area contributed by atoms with Gasteiger partial charge in [0.2, 0.25) is 5.91 Å². The Morgan fingerprint density at radius 1 is 1.00 bits per heavy atom. The highest BCUT2D eigenvalue weighted by molar-refractivity contribution is 9.10. The monoisotopic (exact) mass is 667 g/mol. The van der Waals surface area contributed by atoms with Gasteiger partial charge in [-0.15, -0.1) is 0 Å². The van der Waals surface area contributed by atoms with Gasteiger partial charge in [-0.25, -0.2) is 4.39 Å². The number of amides is 1. The van der Waals surface area contributed by atoms with Crippen molar-refractivity contribution in [2.24, 2.45) is 5.41 Å². The summed E-state index contributed by atoms with van der Waals surface area (Å²) < 4.78 is 135. The molecule has 0 aliphatic heterocycles. The van der Waals surface area contributed by atoms with Gasteiger partial charge in [0.25, 0.3) is 0 Å². The molecule has 40 heavy (non-hydrogen) atoms. The fourth-order valence-electron chi connectivity index (χ4n) is 3.90. The number of halogens is 12. The minimum absolute atomic E-state index is 0.0428. The molecule has 3 nitrogen and oxygen atoms in total. The molecule has 1 atom stereocenters. The van der Waals surface area contributed by atoms with Crippen LogP contribution in [0.2, 0.25) is 5.02 Å². The first-order chi connectivity index (χ1) is 18.2. The SMILES string of the molecule is O=C(CC1(C(=O)NCC(F)(F)F)CC1)c1ccc(/C(F)=C/C(c2ccc(Cl)c(Br)c2)C(F)(F)F)cc1C(F)(F)F. The van der Waals surface area contributed by atoms with Crippen LogP contribution in [0.3, 0.4) is 0 Å². The Kier molecular flexibility index (Phi) is 9.05. The highest BCUT2D eigenvalue weighted by Crippen LogP contribution is 2.50. The Labute approximate surface area is 233 Å². The number of carbonyl (C=O) groups excluding carboxylic acids is 2. The lowest BCUT2D eigenvalue weighted by molar-refractivity contribution is -0.141. The van der Waals surface area contributed by atoms with E-state index in [4.69, 9.17) is 11.6 Å². The van der Waals surface area contributed by atoms with E-state index < -0.39 is 82.6 Å². The summed E-state index contributed by atoms with van der Waals surface area (Å²) >= 11 is 8.73. The van der Waals surface area contributed by atoms with E-state index in [1.807, 2.05) is 0 Å². The standard InChI is InChI=1S/C25H17BrClF10NO2/c26-17-8-12(2-4-18(17)27)15(24(32,33)34)9-19(28)13-1-3-14(16(7-13)25(35,36)37)20(39)10-22(5-6-22)21(40)38-11-23(29,30)31/h1-4,7-9,15H,5-6,10-11H2,(H,38,40)/b19-9-. The summed E-state index contributed by atoms with van der Waals surface area (Å²) in [7, 11) is 0. The molecule has 1 unspecified atom stereocenters. The van der Waals surface area contributed by atoms with Gasteiger partial charge in [0, 0.05) is 22.0 Å². The van der Waals surface area contributed by atoms with E-state index in [-0.39, 0.29) is 34.5 Å².